The Morgan fingerprint density at radius 3 is 2.33 bits per heavy atom. The van der Waals surface area contributed by atoms with E-state index in [1.807, 2.05) is 20.8 Å². The first-order valence-corrected chi connectivity index (χ1v) is 3.55. The van der Waals surface area contributed by atoms with Crippen LogP contribution in [0.2, 0.25) is 0 Å². The molecule has 0 aromatic heterocycles. The summed E-state index contributed by atoms with van der Waals surface area (Å²) in [5, 5.41) is 12.5. The topological polar surface area (TPSA) is 32.3 Å². The normalized spacial score (nSPS) is 17.3. The van der Waals surface area contributed by atoms with Crippen LogP contribution in [0.25, 0.3) is 0 Å². The molecule has 56 valence electrons. The molecule has 0 rings (SSSR count). The number of likely N-dealkylation sites (N-methyl/N-ethyl adjacent to an activating group) is 1. The van der Waals surface area contributed by atoms with E-state index in [2.05, 4.69) is 5.32 Å². The maximum Gasteiger partial charge on any atom is 0.0740 e. The zero-order chi connectivity index (χ0) is 7.33. The molecule has 0 amide bonds. The molecule has 0 aliphatic heterocycles. The van der Waals surface area contributed by atoms with E-state index in [-0.39, 0.29) is 0 Å². The highest BCUT2D eigenvalue weighted by atomic mass is 16.3. The fourth-order valence-electron chi connectivity index (χ4n) is 0.519. The van der Waals surface area contributed by atoms with Gasteiger partial charge in [0.05, 0.1) is 5.60 Å². The van der Waals surface area contributed by atoms with E-state index in [0.29, 0.717) is 6.54 Å². The fraction of sp³-hybridized carbons (Fsp3) is 1.00. The first kappa shape index (κ1) is 8.92. The van der Waals surface area contributed by atoms with Crippen molar-refractivity contribution >= 4 is 0 Å². The number of aliphatic hydroxyl groups is 1. The van der Waals surface area contributed by atoms with Crippen molar-refractivity contribution in [3.63, 3.8) is 0 Å². The van der Waals surface area contributed by atoms with Crippen LogP contribution in [0.4, 0.5) is 0 Å². The molecular formula is C7H17NO. The molecule has 0 fully saturated rings. The van der Waals surface area contributed by atoms with Gasteiger partial charge in [-0.1, -0.05) is 13.8 Å². The van der Waals surface area contributed by atoms with Crippen LogP contribution in [0.1, 0.15) is 27.2 Å². The summed E-state index contributed by atoms with van der Waals surface area (Å²) in [6.45, 7) is 7.48. The van der Waals surface area contributed by atoms with Crippen molar-refractivity contribution in [1.29, 1.82) is 0 Å². The maximum atomic E-state index is 9.39. The summed E-state index contributed by atoms with van der Waals surface area (Å²) in [5.41, 5.74) is -0.518. The number of rotatable bonds is 4. The van der Waals surface area contributed by atoms with Crippen LogP contribution in [0.15, 0.2) is 0 Å². The molecule has 0 heterocycles. The minimum Gasteiger partial charge on any atom is -0.389 e. The van der Waals surface area contributed by atoms with Gasteiger partial charge in [0.2, 0.25) is 0 Å². The third-order valence-corrected chi connectivity index (χ3v) is 1.52. The van der Waals surface area contributed by atoms with Crippen LogP contribution in [-0.2, 0) is 0 Å². The Kier molecular flexibility index (Phi) is 3.82. The minimum atomic E-state index is -0.518. The highest BCUT2D eigenvalue weighted by Gasteiger charge is 2.15. The van der Waals surface area contributed by atoms with Crippen LogP contribution in [0.3, 0.4) is 0 Å². The predicted molar refractivity (Wildman–Crippen MR) is 39.5 cm³/mol. The molecule has 0 aliphatic carbocycles. The number of hydrogen-bond donors (Lipinski definition) is 2. The fourth-order valence-corrected chi connectivity index (χ4v) is 0.519. The molecule has 2 heteroatoms. The maximum absolute atomic E-state index is 9.39. The average Bonchev–Trinajstić information content (AvgIpc) is 1.84. The molecular weight excluding hydrogens is 114 g/mol. The first-order chi connectivity index (χ1) is 4.12. The second-order valence-electron chi connectivity index (χ2n) is 2.63. The molecule has 0 saturated carbocycles. The summed E-state index contributed by atoms with van der Waals surface area (Å²) in [7, 11) is 0. The van der Waals surface area contributed by atoms with Gasteiger partial charge in [0.1, 0.15) is 0 Å². The Morgan fingerprint density at radius 2 is 2.00 bits per heavy atom. The van der Waals surface area contributed by atoms with Gasteiger partial charge in [0.15, 0.2) is 0 Å². The van der Waals surface area contributed by atoms with Crippen molar-refractivity contribution in [3.8, 4) is 0 Å². The van der Waals surface area contributed by atoms with Crippen LogP contribution in [0, 0.1) is 0 Å². The highest BCUT2D eigenvalue weighted by molar-refractivity contribution is 4.72. The van der Waals surface area contributed by atoms with E-state index in [4.69, 9.17) is 0 Å². The van der Waals surface area contributed by atoms with Crippen molar-refractivity contribution in [2.24, 2.45) is 0 Å². The smallest absolute Gasteiger partial charge is 0.0740 e. The Morgan fingerprint density at radius 1 is 1.44 bits per heavy atom. The summed E-state index contributed by atoms with van der Waals surface area (Å²) >= 11 is 0. The van der Waals surface area contributed by atoms with Gasteiger partial charge in [0.25, 0.3) is 0 Å². The van der Waals surface area contributed by atoms with Gasteiger partial charge in [-0.3, -0.25) is 0 Å². The summed E-state index contributed by atoms with van der Waals surface area (Å²) in [4.78, 5) is 0. The molecule has 0 saturated heterocycles. The molecule has 1 atom stereocenters. The zero-order valence-corrected chi connectivity index (χ0v) is 6.57. The lowest BCUT2D eigenvalue weighted by atomic mass is 10.0. The second-order valence-corrected chi connectivity index (χ2v) is 2.63. The van der Waals surface area contributed by atoms with E-state index in [1.54, 1.807) is 0 Å². The van der Waals surface area contributed by atoms with Gasteiger partial charge < -0.3 is 10.4 Å². The van der Waals surface area contributed by atoms with Gasteiger partial charge in [-0.15, -0.1) is 0 Å². The molecule has 1 unspecified atom stereocenters. The van der Waals surface area contributed by atoms with Gasteiger partial charge in [-0.25, -0.2) is 0 Å². The Labute approximate surface area is 57.3 Å². The van der Waals surface area contributed by atoms with E-state index < -0.39 is 5.60 Å². The van der Waals surface area contributed by atoms with Gasteiger partial charge in [0, 0.05) is 6.54 Å². The van der Waals surface area contributed by atoms with Crippen LogP contribution < -0.4 is 5.32 Å². The molecule has 2 N–H and O–H groups in total. The van der Waals surface area contributed by atoms with E-state index in [9.17, 15) is 5.11 Å². The van der Waals surface area contributed by atoms with E-state index in [0.717, 1.165) is 13.0 Å². The quantitative estimate of drug-likeness (QED) is 0.590. The lowest BCUT2D eigenvalue weighted by Gasteiger charge is -2.20. The zero-order valence-electron chi connectivity index (χ0n) is 6.57. The van der Waals surface area contributed by atoms with E-state index >= 15 is 0 Å². The van der Waals surface area contributed by atoms with Gasteiger partial charge in [-0.05, 0) is 19.9 Å². The van der Waals surface area contributed by atoms with Gasteiger partial charge in [-0.2, -0.15) is 0 Å². The predicted octanol–water partition coefficient (Wildman–Crippen LogP) is 0.757. The summed E-state index contributed by atoms with van der Waals surface area (Å²) in [5.74, 6) is 0. The van der Waals surface area contributed by atoms with Crippen molar-refractivity contribution in [2.45, 2.75) is 32.8 Å². The lowest BCUT2D eigenvalue weighted by Crippen LogP contribution is -2.36. The number of nitrogens with one attached hydrogen (secondary N) is 1. The van der Waals surface area contributed by atoms with E-state index in [1.165, 1.54) is 0 Å². The molecule has 0 aromatic carbocycles. The molecule has 0 aliphatic rings. The minimum absolute atomic E-state index is 0.518. The van der Waals surface area contributed by atoms with Crippen molar-refractivity contribution in [2.75, 3.05) is 13.1 Å². The average molecular weight is 131 g/mol. The van der Waals surface area contributed by atoms with Gasteiger partial charge >= 0.3 is 0 Å². The lowest BCUT2D eigenvalue weighted by molar-refractivity contribution is 0.0565. The molecule has 0 radical (unpaired) electrons. The molecule has 0 aromatic rings. The summed E-state index contributed by atoms with van der Waals surface area (Å²) in [6.07, 6.45) is 0.806. The van der Waals surface area contributed by atoms with Crippen LogP contribution in [-0.4, -0.2) is 23.8 Å². The monoisotopic (exact) mass is 131 g/mol. The largest absolute Gasteiger partial charge is 0.389 e. The van der Waals surface area contributed by atoms with Crippen molar-refractivity contribution in [3.05, 3.63) is 0 Å². The standard InChI is InChI=1S/C7H17NO/c1-4-7(3,9)6-8-5-2/h8-9H,4-6H2,1-3H3. The SMILES string of the molecule is CCNCC(C)(O)CC. The van der Waals surface area contributed by atoms with Crippen LogP contribution in [0.5, 0.6) is 0 Å². The molecule has 2 nitrogen and oxygen atoms in total. The van der Waals surface area contributed by atoms with Crippen molar-refractivity contribution in [1.82, 2.24) is 5.32 Å². The summed E-state index contributed by atoms with van der Waals surface area (Å²) < 4.78 is 0. The Hall–Kier alpha value is -0.0800. The Bertz CT molecular complexity index is 71.3. The third-order valence-electron chi connectivity index (χ3n) is 1.52. The molecule has 0 bridgehead atoms. The van der Waals surface area contributed by atoms with Crippen molar-refractivity contribution < 1.29 is 5.11 Å². The Balaban J connectivity index is 3.33. The summed E-state index contributed by atoms with van der Waals surface area (Å²) in [6, 6.07) is 0. The van der Waals surface area contributed by atoms with Crippen LogP contribution >= 0.6 is 0 Å². The second kappa shape index (κ2) is 3.85. The first-order valence-electron chi connectivity index (χ1n) is 3.55. The molecule has 0 spiro atoms. The molecule has 9 heavy (non-hydrogen) atoms. The number of hydrogen-bond acceptors (Lipinski definition) is 2. The highest BCUT2D eigenvalue weighted by Crippen LogP contribution is 2.04. The third kappa shape index (κ3) is 4.43.